The van der Waals surface area contributed by atoms with Crippen molar-refractivity contribution in [1.29, 1.82) is 0 Å². The van der Waals surface area contributed by atoms with Crippen LogP contribution in [0.15, 0.2) is 24.3 Å². The van der Waals surface area contributed by atoms with Crippen LogP contribution in [0, 0.1) is 0 Å². The summed E-state index contributed by atoms with van der Waals surface area (Å²) in [6.07, 6.45) is 5.53. The molecule has 8 heteroatoms. The van der Waals surface area contributed by atoms with Gasteiger partial charge < -0.3 is 15.8 Å². The topological polar surface area (TPSA) is 98.5 Å². The van der Waals surface area contributed by atoms with Crippen LogP contribution < -0.4 is 11.1 Å². The van der Waals surface area contributed by atoms with Crippen LogP contribution in [0.25, 0.3) is 0 Å². The Balaban J connectivity index is 0.00000261. The van der Waals surface area contributed by atoms with Crippen molar-refractivity contribution in [3.05, 3.63) is 29.8 Å². The minimum Gasteiger partial charge on any atom is -0.364 e. The largest absolute Gasteiger partial charge is 0.364 e. The molecule has 2 fully saturated rings. The molecule has 152 valence electrons. The van der Waals surface area contributed by atoms with Crippen molar-refractivity contribution < 1.29 is 17.9 Å². The molecule has 0 aromatic heterocycles. The number of amides is 1. The van der Waals surface area contributed by atoms with Gasteiger partial charge in [-0.2, -0.15) is 0 Å². The van der Waals surface area contributed by atoms with Crippen LogP contribution >= 0.6 is 12.4 Å². The van der Waals surface area contributed by atoms with Crippen LogP contribution in [0.3, 0.4) is 0 Å². The van der Waals surface area contributed by atoms with Crippen LogP contribution in [0.4, 0.5) is 5.69 Å². The second-order valence-corrected chi connectivity index (χ2v) is 9.60. The first-order valence-corrected chi connectivity index (χ1v) is 11.2. The molecule has 0 spiro atoms. The Bertz CT molecular complexity index is 735. The van der Waals surface area contributed by atoms with E-state index in [4.69, 9.17) is 10.5 Å². The Hall–Kier alpha value is -1.15. The van der Waals surface area contributed by atoms with Gasteiger partial charge in [-0.05, 0) is 43.4 Å². The third-order valence-corrected chi connectivity index (χ3v) is 7.51. The monoisotopic (exact) mass is 416 g/mol. The van der Waals surface area contributed by atoms with Gasteiger partial charge in [-0.15, -0.1) is 12.4 Å². The maximum absolute atomic E-state index is 12.6. The maximum atomic E-state index is 12.6. The van der Waals surface area contributed by atoms with Gasteiger partial charge in [0.2, 0.25) is 0 Å². The standard InChI is InChI=1S/C19H28N2O4S.ClH/c20-12-16-9-10-18(25-16)19(22)21-15-6-4-5-14(11-15)13-26(23,24)17-7-2-1-3-8-17;/h4-6,11,16-18H,1-3,7-10,12-13,20H2,(H,21,22);1H/t16-,18+;/m1./s1. The zero-order valence-electron chi connectivity index (χ0n) is 15.4. The molecule has 3 N–H and O–H groups in total. The van der Waals surface area contributed by atoms with Gasteiger partial charge in [-0.3, -0.25) is 4.79 Å². The number of anilines is 1. The molecule has 1 saturated heterocycles. The van der Waals surface area contributed by atoms with Gasteiger partial charge >= 0.3 is 0 Å². The maximum Gasteiger partial charge on any atom is 0.253 e. The number of carbonyl (C=O) groups excluding carboxylic acids is 1. The van der Waals surface area contributed by atoms with Crippen molar-refractivity contribution in [2.45, 2.75) is 68.2 Å². The number of ether oxygens (including phenoxy) is 1. The quantitative estimate of drug-likeness (QED) is 0.742. The summed E-state index contributed by atoms with van der Waals surface area (Å²) in [5.74, 6) is -0.176. The fourth-order valence-corrected chi connectivity index (χ4v) is 5.74. The Morgan fingerprint density at radius 1 is 1.15 bits per heavy atom. The van der Waals surface area contributed by atoms with E-state index in [1.807, 2.05) is 0 Å². The number of benzene rings is 1. The molecule has 1 amide bonds. The van der Waals surface area contributed by atoms with Crippen LogP contribution in [0.2, 0.25) is 0 Å². The molecular formula is C19H29ClN2O4S. The molecule has 1 aliphatic heterocycles. The predicted molar refractivity (Wildman–Crippen MR) is 109 cm³/mol. The highest BCUT2D eigenvalue weighted by atomic mass is 35.5. The second-order valence-electron chi connectivity index (χ2n) is 7.32. The minimum absolute atomic E-state index is 0. The molecule has 0 bridgehead atoms. The van der Waals surface area contributed by atoms with Gasteiger partial charge in [-0.1, -0.05) is 31.4 Å². The fourth-order valence-electron chi connectivity index (χ4n) is 3.81. The third kappa shape index (κ3) is 5.91. The number of rotatable bonds is 6. The molecule has 1 aliphatic carbocycles. The van der Waals surface area contributed by atoms with E-state index in [1.54, 1.807) is 24.3 Å². The lowest BCUT2D eigenvalue weighted by atomic mass is 10.0. The summed E-state index contributed by atoms with van der Waals surface area (Å²) in [6.45, 7) is 0.415. The van der Waals surface area contributed by atoms with E-state index in [0.717, 1.165) is 38.5 Å². The minimum atomic E-state index is -3.16. The highest BCUT2D eigenvalue weighted by Crippen LogP contribution is 2.27. The molecule has 0 radical (unpaired) electrons. The lowest BCUT2D eigenvalue weighted by molar-refractivity contribution is -0.126. The Morgan fingerprint density at radius 3 is 2.56 bits per heavy atom. The molecular weight excluding hydrogens is 388 g/mol. The average Bonchev–Trinajstić information content (AvgIpc) is 3.12. The normalized spacial score (nSPS) is 23.6. The van der Waals surface area contributed by atoms with Gasteiger partial charge in [0.05, 0.1) is 17.1 Å². The van der Waals surface area contributed by atoms with Gasteiger partial charge in [0, 0.05) is 12.2 Å². The van der Waals surface area contributed by atoms with Crippen molar-refractivity contribution in [1.82, 2.24) is 0 Å². The van der Waals surface area contributed by atoms with Gasteiger partial charge in [-0.25, -0.2) is 8.42 Å². The lowest BCUT2D eigenvalue weighted by Gasteiger charge is -2.21. The van der Waals surface area contributed by atoms with E-state index in [2.05, 4.69) is 5.32 Å². The smallest absolute Gasteiger partial charge is 0.253 e. The molecule has 1 aromatic rings. The van der Waals surface area contributed by atoms with Gasteiger partial charge in [0.15, 0.2) is 9.84 Å². The number of hydrogen-bond donors (Lipinski definition) is 2. The van der Waals surface area contributed by atoms with E-state index in [-0.39, 0.29) is 35.4 Å². The van der Waals surface area contributed by atoms with Crippen molar-refractivity contribution in [3.8, 4) is 0 Å². The molecule has 2 aliphatic rings. The second kappa shape index (κ2) is 9.87. The number of nitrogens with two attached hydrogens (primary N) is 1. The zero-order valence-corrected chi connectivity index (χ0v) is 17.1. The van der Waals surface area contributed by atoms with Crippen molar-refractivity contribution in [3.63, 3.8) is 0 Å². The summed E-state index contributed by atoms with van der Waals surface area (Å²) in [6, 6.07) is 7.09. The molecule has 1 heterocycles. The van der Waals surface area contributed by atoms with Crippen molar-refractivity contribution >= 4 is 33.8 Å². The molecule has 6 nitrogen and oxygen atoms in total. The van der Waals surface area contributed by atoms with Crippen molar-refractivity contribution in [2.24, 2.45) is 5.73 Å². The molecule has 27 heavy (non-hydrogen) atoms. The lowest BCUT2D eigenvalue weighted by Crippen LogP contribution is -2.29. The molecule has 3 rings (SSSR count). The third-order valence-electron chi connectivity index (χ3n) is 5.29. The summed E-state index contributed by atoms with van der Waals surface area (Å²) in [5, 5.41) is 2.61. The van der Waals surface area contributed by atoms with Gasteiger partial charge in [0.25, 0.3) is 5.91 Å². The first kappa shape index (κ1) is 22.1. The van der Waals surface area contributed by atoms with Crippen molar-refractivity contribution in [2.75, 3.05) is 11.9 Å². The van der Waals surface area contributed by atoms with Crippen LogP contribution in [0.1, 0.15) is 50.5 Å². The highest BCUT2D eigenvalue weighted by Gasteiger charge is 2.30. The summed E-state index contributed by atoms with van der Waals surface area (Å²) < 4.78 is 30.9. The zero-order chi connectivity index (χ0) is 18.6. The van der Waals surface area contributed by atoms with Gasteiger partial charge in [0.1, 0.15) is 6.10 Å². The summed E-state index contributed by atoms with van der Waals surface area (Å²) in [5.41, 5.74) is 6.89. The van der Waals surface area contributed by atoms with E-state index in [1.165, 1.54) is 0 Å². The molecule has 0 unspecified atom stereocenters. The first-order chi connectivity index (χ1) is 12.5. The number of nitrogens with one attached hydrogen (secondary N) is 1. The summed E-state index contributed by atoms with van der Waals surface area (Å²) in [4.78, 5) is 12.3. The van der Waals surface area contributed by atoms with Crippen LogP contribution in [-0.2, 0) is 25.1 Å². The van der Waals surface area contributed by atoms with E-state index >= 15 is 0 Å². The summed E-state index contributed by atoms with van der Waals surface area (Å²) in [7, 11) is -3.16. The Labute approximate surface area is 167 Å². The first-order valence-electron chi connectivity index (χ1n) is 9.45. The number of carbonyl (C=O) groups is 1. The number of hydrogen-bond acceptors (Lipinski definition) is 5. The number of halogens is 1. The summed E-state index contributed by atoms with van der Waals surface area (Å²) >= 11 is 0. The van der Waals surface area contributed by atoms with E-state index in [9.17, 15) is 13.2 Å². The molecule has 2 atom stereocenters. The Morgan fingerprint density at radius 2 is 1.89 bits per heavy atom. The SMILES string of the molecule is Cl.NC[C@H]1CC[C@@H](C(=O)Nc2cccc(CS(=O)(=O)C3CCCCC3)c2)O1. The molecule has 1 saturated carbocycles. The van der Waals surface area contributed by atoms with E-state index in [0.29, 0.717) is 24.2 Å². The molecule has 1 aromatic carbocycles. The van der Waals surface area contributed by atoms with Crippen LogP contribution in [0.5, 0.6) is 0 Å². The predicted octanol–water partition coefficient (Wildman–Crippen LogP) is 2.80. The number of sulfone groups is 1. The highest BCUT2D eigenvalue weighted by molar-refractivity contribution is 7.91. The van der Waals surface area contributed by atoms with Crippen LogP contribution in [-0.4, -0.2) is 38.3 Å². The van der Waals surface area contributed by atoms with E-state index < -0.39 is 15.9 Å². The Kier molecular flexibility index (Phi) is 8.09. The average molecular weight is 417 g/mol. The fraction of sp³-hybridized carbons (Fsp3) is 0.632.